The highest BCUT2D eigenvalue weighted by Gasteiger charge is 2.39. The second-order valence-electron chi connectivity index (χ2n) is 7.41. The molecule has 0 fully saturated rings. The van der Waals surface area contributed by atoms with E-state index in [0.29, 0.717) is 11.8 Å². The van der Waals surface area contributed by atoms with Crippen molar-refractivity contribution in [3.05, 3.63) is 88.0 Å². The van der Waals surface area contributed by atoms with Gasteiger partial charge in [0, 0.05) is 23.1 Å². The lowest BCUT2D eigenvalue weighted by molar-refractivity contribution is -0.385. The number of hydrogen-bond donors (Lipinski definition) is 1. The molecule has 5 rings (SSSR count). The first-order valence-corrected chi connectivity index (χ1v) is 9.44. The number of hydrogen-bond acceptors (Lipinski definition) is 4. The largest absolute Gasteiger partial charge is 0.490 e. The van der Waals surface area contributed by atoms with Crippen LogP contribution in [-0.4, -0.2) is 12.0 Å². The lowest BCUT2D eigenvalue weighted by Crippen LogP contribution is -2.29. The van der Waals surface area contributed by atoms with Crippen LogP contribution in [0, 0.1) is 16.0 Å². The maximum absolute atomic E-state index is 11.5. The first kappa shape index (κ1) is 16.8. The number of allylic oxidation sites excluding steroid dienone is 2. The molecule has 0 amide bonds. The third-order valence-electron chi connectivity index (χ3n) is 6.02. The van der Waals surface area contributed by atoms with Crippen LogP contribution in [0.5, 0.6) is 5.75 Å². The van der Waals surface area contributed by atoms with Crippen molar-refractivity contribution >= 4 is 22.1 Å². The molecule has 3 aromatic rings. The van der Waals surface area contributed by atoms with E-state index in [0.717, 1.165) is 17.7 Å². The number of nitro groups is 1. The zero-order chi connectivity index (χ0) is 19.3. The van der Waals surface area contributed by atoms with Crippen LogP contribution >= 0.6 is 0 Å². The molecule has 1 aliphatic heterocycles. The minimum absolute atomic E-state index is 0.00270. The summed E-state index contributed by atoms with van der Waals surface area (Å²) in [6.07, 6.45) is 5.46. The van der Waals surface area contributed by atoms with E-state index < -0.39 is 0 Å². The Morgan fingerprint density at radius 2 is 2.00 bits per heavy atom. The van der Waals surface area contributed by atoms with E-state index in [-0.39, 0.29) is 22.4 Å². The summed E-state index contributed by atoms with van der Waals surface area (Å²) in [5.41, 5.74) is 3.36. The van der Waals surface area contributed by atoms with Gasteiger partial charge in [-0.15, -0.1) is 0 Å². The summed E-state index contributed by atoms with van der Waals surface area (Å²) in [6, 6.07) is 18.0. The van der Waals surface area contributed by atoms with Gasteiger partial charge in [0.05, 0.1) is 18.1 Å². The Kier molecular flexibility index (Phi) is 3.83. The molecule has 0 radical (unpaired) electrons. The van der Waals surface area contributed by atoms with Gasteiger partial charge in [0.1, 0.15) is 0 Å². The molecule has 0 aromatic heterocycles. The maximum Gasteiger partial charge on any atom is 0.311 e. The highest BCUT2D eigenvalue weighted by Crippen LogP contribution is 2.52. The third-order valence-corrected chi connectivity index (χ3v) is 6.02. The van der Waals surface area contributed by atoms with Gasteiger partial charge in [-0.3, -0.25) is 10.1 Å². The van der Waals surface area contributed by atoms with Gasteiger partial charge < -0.3 is 10.1 Å². The van der Waals surface area contributed by atoms with Crippen LogP contribution in [0.3, 0.4) is 0 Å². The van der Waals surface area contributed by atoms with Gasteiger partial charge in [-0.05, 0) is 34.9 Å². The van der Waals surface area contributed by atoms with Crippen LogP contribution in [0.4, 0.5) is 11.4 Å². The molecule has 2 aliphatic rings. The Balaban J connectivity index is 1.66. The van der Waals surface area contributed by atoms with Gasteiger partial charge in [-0.1, -0.05) is 54.6 Å². The summed E-state index contributed by atoms with van der Waals surface area (Å²) in [4.78, 5) is 11.1. The molecular weight excluding hydrogens is 352 g/mol. The molecule has 28 heavy (non-hydrogen) atoms. The van der Waals surface area contributed by atoms with Crippen molar-refractivity contribution in [3.63, 3.8) is 0 Å². The number of fused-ring (bicyclic) bond motifs is 5. The molecule has 140 valence electrons. The Hall–Kier alpha value is -3.34. The van der Waals surface area contributed by atoms with Gasteiger partial charge >= 0.3 is 5.69 Å². The molecule has 5 heteroatoms. The van der Waals surface area contributed by atoms with Crippen molar-refractivity contribution in [2.45, 2.75) is 18.4 Å². The molecule has 5 nitrogen and oxygen atoms in total. The van der Waals surface area contributed by atoms with Crippen LogP contribution in [0.15, 0.2) is 66.7 Å². The molecule has 3 aromatic carbocycles. The quantitative estimate of drug-likeness (QED) is 0.370. The summed E-state index contributed by atoms with van der Waals surface area (Å²) < 4.78 is 5.18. The van der Waals surface area contributed by atoms with Crippen LogP contribution in [-0.2, 0) is 0 Å². The molecule has 0 spiro atoms. The summed E-state index contributed by atoms with van der Waals surface area (Å²) in [5, 5.41) is 17.6. The lowest BCUT2D eigenvalue weighted by atomic mass is 9.76. The van der Waals surface area contributed by atoms with Gasteiger partial charge in [0.15, 0.2) is 5.75 Å². The number of anilines is 1. The van der Waals surface area contributed by atoms with Gasteiger partial charge in [0.25, 0.3) is 0 Å². The van der Waals surface area contributed by atoms with E-state index in [2.05, 4.69) is 41.7 Å². The van der Waals surface area contributed by atoms with Gasteiger partial charge in [0.2, 0.25) is 0 Å². The normalized spacial score (nSPS) is 22.4. The Morgan fingerprint density at radius 1 is 1.14 bits per heavy atom. The summed E-state index contributed by atoms with van der Waals surface area (Å²) in [5.74, 6) is 0.935. The van der Waals surface area contributed by atoms with E-state index in [9.17, 15) is 10.1 Å². The number of ether oxygens (including phenoxy) is 1. The highest BCUT2D eigenvalue weighted by atomic mass is 16.6. The van der Waals surface area contributed by atoms with Crippen molar-refractivity contribution < 1.29 is 9.66 Å². The van der Waals surface area contributed by atoms with Crippen LogP contribution < -0.4 is 10.1 Å². The molecule has 1 aliphatic carbocycles. The van der Waals surface area contributed by atoms with Gasteiger partial charge in [-0.25, -0.2) is 0 Å². The van der Waals surface area contributed by atoms with E-state index >= 15 is 0 Å². The molecule has 1 heterocycles. The third kappa shape index (κ3) is 2.47. The minimum Gasteiger partial charge on any atom is -0.490 e. The van der Waals surface area contributed by atoms with Crippen LogP contribution in [0.25, 0.3) is 10.8 Å². The van der Waals surface area contributed by atoms with Crippen LogP contribution in [0.2, 0.25) is 0 Å². The standard InChI is InChI=1S/C23H20N2O3/c1-28-21-12-10-15(13-20(21)25(26)27)22-18-8-4-7-17(18)19-11-9-14-5-2-3-6-16(14)23(19)24-22/h2-7,9-13,17-18,22,24H,8H2,1H3/t17-,18+,22-/m0/s1. The van der Waals surface area contributed by atoms with Crippen molar-refractivity contribution in [2.24, 2.45) is 5.92 Å². The summed E-state index contributed by atoms with van der Waals surface area (Å²) in [6.45, 7) is 0. The lowest BCUT2D eigenvalue weighted by Gasteiger charge is -2.38. The fourth-order valence-electron chi connectivity index (χ4n) is 4.71. The number of benzene rings is 3. The SMILES string of the molecule is COc1ccc([C@@H]2Nc3c(ccc4ccccc34)[C@H]3C=CC[C@H]32)cc1[N+](=O)[O-]. The first-order chi connectivity index (χ1) is 13.7. The van der Waals surface area contributed by atoms with E-state index in [1.165, 1.54) is 23.4 Å². The number of nitro benzene ring substituents is 1. The molecular formula is C23H20N2O3. The molecule has 0 unspecified atom stereocenters. The highest BCUT2D eigenvalue weighted by molar-refractivity contribution is 5.96. The first-order valence-electron chi connectivity index (χ1n) is 9.44. The zero-order valence-corrected chi connectivity index (χ0v) is 15.5. The van der Waals surface area contributed by atoms with E-state index in [1.807, 2.05) is 18.2 Å². The van der Waals surface area contributed by atoms with Gasteiger partial charge in [-0.2, -0.15) is 0 Å². The fraction of sp³-hybridized carbons (Fsp3) is 0.217. The van der Waals surface area contributed by atoms with Crippen molar-refractivity contribution in [1.29, 1.82) is 0 Å². The summed E-state index contributed by atoms with van der Waals surface area (Å²) in [7, 11) is 1.46. The van der Waals surface area contributed by atoms with Crippen molar-refractivity contribution in [1.82, 2.24) is 0 Å². The molecule has 1 N–H and O–H groups in total. The smallest absolute Gasteiger partial charge is 0.311 e. The molecule has 0 bridgehead atoms. The minimum atomic E-state index is -0.376. The Morgan fingerprint density at radius 3 is 2.82 bits per heavy atom. The number of rotatable bonds is 3. The molecule has 0 saturated heterocycles. The average molecular weight is 372 g/mol. The monoisotopic (exact) mass is 372 g/mol. The second-order valence-corrected chi connectivity index (χ2v) is 7.41. The second kappa shape index (κ2) is 6.37. The van der Waals surface area contributed by atoms with Crippen molar-refractivity contribution in [3.8, 4) is 5.75 Å². The topological polar surface area (TPSA) is 64.4 Å². The van der Waals surface area contributed by atoms with Crippen LogP contribution in [0.1, 0.15) is 29.5 Å². The number of methoxy groups -OCH3 is 1. The zero-order valence-electron chi connectivity index (χ0n) is 15.5. The number of nitrogens with zero attached hydrogens (tertiary/aromatic N) is 1. The Bertz CT molecular complexity index is 1120. The summed E-state index contributed by atoms with van der Waals surface area (Å²) >= 11 is 0. The molecule has 3 atom stereocenters. The van der Waals surface area contributed by atoms with E-state index in [1.54, 1.807) is 12.1 Å². The molecule has 0 saturated carbocycles. The predicted octanol–water partition coefficient (Wildman–Crippen LogP) is 5.58. The maximum atomic E-state index is 11.5. The van der Waals surface area contributed by atoms with Crippen molar-refractivity contribution in [2.75, 3.05) is 12.4 Å². The Labute approximate surface area is 162 Å². The fourth-order valence-corrected chi connectivity index (χ4v) is 4.71. The average Bonchev–Trinajstić information content (AvgIpc) is 3.22. The number of nitrogens with one attached hydrogen (secondary N) is 1. The van der Waals surface area contributed by atoms with E-state index in [4.69, 9.17) is 4.74 Å². The predicted molar refractivity (Wildman–Crippen MR) is 110 cm³/mol.